The van der Waals surface area contributed by atoms with Crippen molar-refractivity contribution in [3.63, 3.8) is 0 Å². The van der Waals surface area contributed by atoms with Gasteiger partial charge >= 0.3 is 0 Å². The molecule has 0 aliphatic heterocycles. The first-order valence-electron chi connectivity index (χ1n) is 5.43. The van der Waals surface area contributed by atoms with Crippen LogP contribution in [-0.2, 0) is 0 Å². The molecule has 0 amide bonds. The van der Waals surface area contributed by atoms with E-state index in [1.807, 2.05) is 18.2 Å². The zero-order valence-corrected chi connectivity index (χ0v) is 10.3. The Morgan fingerprint density at radius 3 is 2.80 bits per heavy atom. The first-order valence-corrected chi connectivity index (χ1v) is 6.23. The molecule has 2 N–H and O–H groups in total. The van der Waals surface area contributed by atoms with Gasteiger partial charge in [0.25, 0.3) is 0 Å². The molecule has 0 heterocycles. The Hall–Kier alpha value is -0.700. The minimum atomic E-state index is 0.719. The van der Waals surface area contributed by atoms with Gasteiger partial charge in [0, 0.05) is 4.47 Å². The van der Waals surface area contributed by atoms with Crippen LogP contribution in [0.25, 0.3) is 0 Å². The van der Waals surface area contributed by atoms with Gasteiger partial charge in [-0.25, -0.2) is 0 Å². The summed E-state index contributed by atoms with van der Waals surface area (Å²) in [4.78, 5) is 0. The molecule has 0 spiro atoms. The largest absolute Gasteiger partial charge is 0.491 e. The van der Waals surface area contributed by atoms with Crippen molar-refractivity contribution in [1.82, 2.24) is 0 Å². The Bertz CT molecular complexity index is 334. The third-order valence-electron chi connectivity index (χ3n) is 2.92. The van der Waals surface area contributed by atoms with Gasteiger partial charge in [-0.05, 0) is 37.0 Å². The zero-order valence-electron chi connectivity index (χ0n) is 8.71. The minimum Gasteiger partial charge on any atom is -0.491 e. The fraction of sp³-hybridized carbons (Fsp3) is 0.500. The Morgan fingerprint density at radius 2 is 2.07 bits per heavy atom. The smallest absolute Gasteiger partial charge is 0.143 e. The van der Waals surface area contributed by atoms with Gasteiger partial charge in [0.15, 0.2) is 0 Å². The molecule has 0 atom stereocenters. The maximum Gasteiger partial charge on any atom is 0.143 e. The molecule has 1 aliphatic rings. The van der Waals surface area contributed by atoms with Crippen LogP contribution in [0.5, 0.6) is 5.75 Å². The molecular weight excluding hydrogens is 254 g/mol. The zero-order chi connectivity index (χ0) is 10.7. The second kappa shape index (κ2) is 4.88. The van der Waals surface area contributed by atoms with Gasteiger partial charge in [0.2, 0.25) is 0 Å². The molecule has 0 radical (unpaired) electrons. The van der Waals surface area contributed by atoms with Crippen molar-refractivity contribution < 1.29 is 4.74 Å². The SMILES string of the molecule is Nc1ccc(Br)cc1OCC1CCCC1. The molecule has 0 bridgehead atoms. The van der Waals surface area contributed by atoms with Crippen LogP contribution in [-0.4, -0.2) is 6.61 Å². The summed E-state index contributed by atoms with van der Waals surface area (Å²) < 4.78 is 6.76. The van der Waals surface area contributed by atoms with Crippen LogP contribution < -0.4 is 10.5 Å². The maximum atomic E-state index is 5.83. The van der Waals surface area contributed by atoms with E-state index in [4.69, 9.17) is 10.5 Å². The lowest BCUT2D eigenvalue weighted by Gasteiger charge is -2.13. The number of hydrogen-bond acceptors (Lipinski definition) is 2. The highest BCUT2D eigenvalue weighted by atomic mass is 79.9. The van der Waals surface area contributed by atoms with Crippen molar-refractivity contribution in [2.75, 3.05) is 12.3 Å². The predicted molar refractivity (Wildman–Crippen MR) is 66.0 cm³/mol. The predicted octanol–water partition coefficient (Wildman–Crippen LogP) is 3.60. The lowest BCUT2D eigenvalue weighted by molar-refractivity contribution is 0.253. The number of nitrogen functional groups attached to an aromatic ring is 1. The number of rotatable bonds is 3. The van der Waals surface area contributed by atoms with Gasteiger partial charge in [-0.3, -0.25) is 0 Å². The Labute approximate surface area is 98.9 Å². The van der Waals surface area contributed by atoms with Gasteiger partial charge in [0.05, 0.1) is 12.3 Å². The molecule has 1 fully saturated rings. The van der Waals surface area contributed by atoms with Gasteiger partial charge < -0.3 is 10.5 Å². The molecule has 0 saturated heterocycles. The molecule has 3 heteroatoms. The maximum absolute atomic E-state index is 5.83. The summed E-state index contributed by atoms with van der Waals surface area (Å²) in [5.74, 6) is 1.53. The van der Waals surface area contributed by atoms with Crippen molar-refractivity contribution in [2.45, 2.75) is 25.7 Å². The first kappa shape index (κ1) is 10.8. The lowest BCUT2D eigenvalue weighted by Crippen LogP contribution is -2.09. The molecule has 0 aromatic heterocycles. The summed E-state index contributed by atoms with van der Waals surface area (Å²) in [6.45, 7) is 0.806. The number of benzene rings is 1. The van der Waals surface area contributed by atoms with E-state index in [1.54, 1.807) is 0 Å². The number of nitrogens with two attached hydrogens (primary N) is 1. The van der Waals surface area contributed by atoms with Crippen molar-refractivity contribution >= 4 is 21.6 Å². The normalized spacial score (nSPS) is 16.9. The molecule has 1 saturated carbocycles. The summed E-state index contributed by atoms with van der Waals surface area (Å²) in [7, 11) is 0. The van der Waals surface area contributed by atoms with E-state index in [2.05, 4.69) is 15.9 Å². The van der Waals surface area contributed by atoms with Crippen LogP contribution in [0.4, 0.5) is 5.69 Å². The molecule has 2 nitrogen and oxygen atoms in total. The van der Waals surface area contributed by atoms with Crippen molar-refractivity contribution in [2.24, 2.45) is 5.92 Å². The highest BCUT2D eigenvalue weighted by molar-refractivity contribution is 9.10. The molecule has 15 heavy (non-hydrogen) atoms. The second-order valence-electron chi connectivity index (χ2n) is 4.14. The van der Waals surface area contributed by atoms with Gasteiger partial charge in [-0.1, -0.05) is 28.8 Å². The van der Waals surface area contributed by atoms with Gasteiger partial charge in [-0.2, -0.15) is 0 Å². The van der Waals surface area contributed by atoms with E-state index in [0.717, 1.165) is 28.4 Å². The van der Waals surface area contributed by atoms with Crippen molar-refractivity contribution in [1.29, 1.82) is 0 Å². The van der Waals surface area contributed by atoms with Gasteiger partial charge in [0.1, 0.15) is 5.75 Å². The first-order chi connectivity index (χ1) is 7.25. The van der Waals surface area contributed by atoms with Crippen molar-refractivity contribution in [3.05, 3.63) is 22.7 Å². The number of hydrogen-bond donors (Lipinski definition) is 1. The summed E-state index contributed by atoms with van der Waals surface area (Å²) in [6.07, 6.45) is 5.30. The quantitative estimate of drug-likeness (QED) is 0.852. The second-order valence-corrected chi connectivity index (χ2v) is 5.06. The van der Waals surface area contributed by atoms with Crippen LogP contribution in [0, 0.1) is 5.92 Å². The van der Waals surface area contributed by atoms with Gasteiger partial charge in [-0.15, -0.1) is 0 Å². The van der Waals surface area contributed by atoms with E-state index >= 15 is 0 Å². The molecular formula is C12H16BrNO. The van der Waals surface area contributed by atoms with Crippen molar-refractivity contribution in [3.8, 4) is 5.75 Å². The van der Waals surface area contributed by atoms with E-state index in [-0.39, 0.29) is 0 Å². The molecule has 0 unspecified atom stereocenters. The van der Waals surface area contributed by atoms with E-state index in [0.29, 0.717) is 0 Å². The summed E-state index contributed by atoms with van der Waals surface area (Å²) in [6, 6.07) is 5.73. The molecule has 1 aromatic carbocycles. The third kappa shape index (κ3) is 2.88. The third-order valence-corrected chi connectivity index (χ3v) is 3.42. The van der Waals surface area contributed by atoms with Crippen LogP contribution in [0.2, 0.25) is 0 Å². The lowest BCUT2D eigenvalue weighted by atomic mass is 10.1. The van der Waals surface area contributed by atoms with E-state index in [9.17, 15) is 0 Å². The molecule has 82 valence electrons. The number of anilines is 1. The van der Waals surface area contributed by atoms with Crippen LogP contribution in [0.3, 0.4) is 0 Å². The fourth-order valence-corrected chi connectivity index (χ4v) is 2.36. The average Bonchev–Trinajstić information content (AvgIpc) is 2.72. The highest BCUT2D eigenvalue weighted by Crippen LogP contribution is 2.29. The van der Waals surface area contributed by atoms with Crippen LogP contribution in [0.1, 0.15) is 25.7 Å². The average molecular weight is 270 g/mol. The van der Waals surface area contributed by atoms with E-state index in [1.165, 1.54) is 25.7 Å². The Kier molecular flexibility index (Phi) is 3.52. The van der Waals surface area contributed by atoms with Crippen LogP contribution >= 0.6 is 15.9 Å². The minimum absolute atomic E-state index is 0.719. The fourth-order valence-electron chi connectivity index (χ4n) is 2.02. The van der Waals surface area contributed by atoms with E-state index < -0.39 is 0 Å². The summed E-state index contributed by atoms with van der Waals surface area (Å²) in [5, 5.41) is 0. The highest BCUT2D eigenvalue weighted by Gasteiger charge is 2.15. The Balaban J connectivity index is 1.94. The standard InChI is InChI=1S/C12H16BrNO/c13-10-5-6-11(14)12(7-10)15-8-9-3-1-2-4-9/h5-7,9H,1-4,8,14H2. The topological polar surface area (TPSA) is 35.2 Å². The molecule has 2 rings (SSSR count). The number of halogens is 1. The summed E-state index contributed by atoms with van der Waals surface area (Å²) >= 11 is 3.41. The molecule has 1 aromatic rings. The molecule has 1 aliphatic carbocycles. The Morgan fingerprint density at radius 1 is 1.33 bits per heavy atom. The summed E-state index contributed by atoms with van der Waals surface area (Å²) in [5.41, 5.74) is 6.55. The van der Waals surface area contributed by atoms with Crippen LogP contribution in [0.15, 0.2) is 22.7 Å². The number of ether oxygens (including phenoxy) is 1. The monoisotopic (exact) mass is 269 g/mol.